The third-order valence-electron chi connectivity index (χ3n) is 9.58. The molecular formula is C25H37F3N2O2. The molecule has 0 aliphatic heterocycles. The van der Waals surface area contributed by atoms with Crippen molar-refractivity contribution in [2.24, 2.45) is 51.6 Å². The van der Waals surface area contributed by atoms with E-state index in [1.165, 1.54) is 0 Å². The number of alkyl halides is 3. The molecule has 0 amide bonds. The van der Waals surface area contributed by atoms with Gasteiger partial charge in [-0.2, -0.15) is 13.2 Å². The Morgan fingerprint density at radius 2 is 1.78 bits per heavy atom. The molecular weight excluding hydrogens is 417 g/mol. The molecule has 7 heteroatoms. The van der Waals surface area contributed by atoms with E-state index in [9.17, 15) is 23.1 Å². The predicted octanol–water partition coefficient (Wildman–Crippen LogP) is 5.05. The summed E-state index contributed by atoms with van der Waals surface area (Å²) in [5, 5.41) is 10.5. The van der Waals surface area contributed by atoms with E-state index in [2.05, 4.69) is 11.9 Å². The Labute approximate surface area is 188 Å². The predicted molar refractivity (Wildman–Crippen MR) is 118 cm³/mol. The van der Waals surface area contributed by atoms with Crippen molar-refractivity contribution >= 4 is 11.5 Å². The molecule has 0 heterocycles. The third-order valence-corrected chi connectivity index (χ3v) is 9.58. The minimum atomic E-state index is -4.61. The molecule has 0 spiro atoms. The Kier molecular flexibility index (Phi) is 6.27. The average Bonchev–Trinajstić information content (AvgIpc) is 3.06. The normalized spacial score (nSPS) is 44.8. The molecule has 4 aliphatic rings. The van der Waals surface area contributed by atoms with Crippen LogP contribution in [0.4, 0.5) is 13.2 Å². The molecule has 4 aliphatic carbocycles. The molecule has 0 unspecified atom stereocenters. The van der Waals surface area contributed by atoms with Crippen LogP contribution in [-0.4, -0.2) is 34.9 Å². The van der Waals surface area contributed by atoms with Crippen LogP contribution in [0.5, 0.6) is 0 Å². The van der Waals surface area contributed by atoms with Gasteiger partial charge in [0.05, 0.1) is 12.1 Å². The zero-order valence-corrected chi connectivity index (χ0v) is 19.2. The molecule has 32 heavy (non-hydrogen) atoms. The Hall–Kier alpha value is -1.37. The molecule has 0 aromatic carbocycles. The van der Waals surface area contributed by atoms with Crippen LogP contribution < -0.4 is 5.73 Å². The monoisotopic (exact) mass is 454 g/mol. The van der Waals surface area contributed by atoms with Gasteiger partial charge in [0.15, 0.2) is 5.78 Å². The van der Waals surface area contributed by atoms with Crippen LogP contribution in [0, 0.1) is 40.9 Å². The van der Waals surface area contributed by atoms with Crippen molar-refractivity contribution < 1.29 is 23.1 Å². The first-order valence-electron chi connectivity index (χ1n) is 12.2. The molecule has 0 bridgehead atoms. The summed E-state index contributed by atoms with van der Waals surface area (Å²) in [7, 11) is 0. The average molecular weight is 455 g/mol. The molecule has 4 fully saturated rings. The quantitative estimate of drug-likeness (QED) is 0.584. The Morgan fingerprint density at radius 3 is 2.47 bits per heavy atom. The Morgan fingerprint density at radius 1 is 1.06 bits per heavy atom. The fourth-order valence-corrected chi connectivity index (χ4v) is 8.21. The number of carbonyl (C=O) groups is 1. The maximum absolute atomic E-state index is 13.1. The smallest absolute Gasteiger partial charge is 0.405 e. The second-order valence-electron chi connectivity index (χ2n) is 11.4. The summed E-state index contributed by atoms with van der Waals surface area (Å²) in [6.45, 7) is 3.74. The van der Waals surface area contributed by atoms with Gasteiger partial charge in [0.25, 0.3) is 0 Å². The number of fused-ring (bicyclic) bond motifs is 5. The largest absolute Gasteiger partial charge is 0.432 e. The van der Waals surface area contributed by atoms with Crippen LogP contribution in [0.1, 0.15) is 71.6 Å². The molecule has 0 aromatic rings. The number of nitrogens with zero attached hydrogens (tertiary/aromatic N) is 1. The molecule has 180 valence electrons. The molecule has 3 N–H and O–H groups in total. The van der Waals surface area contributed by atoms with Crippen LogP contribution in [-0.2, 0) is 4.79 Å². The summed E-state index contributed by atoms with van der Waals surface area (Å²) < 4.78 is 39.3. The van der Waals surface area contributed by atoms with Crippen molar-refractivity contribution in [1.82, 2.24) is 0 Å². The van der Waals surface area contributed by atoms with Gasteiger partial charge in [-0.25, -0.2) is 0 Å². The number of hydrogen-bond acceptors (Lipinski definition) is 4. The number of ketones is 1. The van der Waals surface area contributed by atoms with Gasteiger partial charge in [-0.3, -0.25) is 9.79 Å². The lowest BCUT2D eigenvalue weighted by Crippen LogP contribution is -2.51. The van der Waals surface area contributed by atoms with Gasteiger partial charge in [-0.1, -0.05) is 6.92 Å². The van der Waals surface area contributed by atoms with E-state index in [1.807, 2.05) is 6.92 Å². The van der Waals surface area contributed by atoms with E-state index in [-0.39, 0.29) is 17.1 Å². The van der Waals surface area contributed by atoms with Crippen LogP contribution in [0.25, 0.3) is 0 Å². The minimum absolute atomic E-state index is 0.136. The van der Waals surface area contributed by atoms with Crippen LogP contribution in [0.15, 0.2) is 17.3 Å². The van der Waals surface area contributed by atoms with Gasteiger partial charge < -0.3 is 10.8 Å². The van der Waals surface area contributed by atoms with Gasteiger partial charge >= 0.3 is 6.18 Å². The zero-order valence-electron chi connectivity index (χ0n) is 19.2. The summed E-state index contributed by atoms with van der Waals surface area (Å²) in [6, 6.07) is 0. The number of aliphatic imine (C=N–C) groups is 1. The van der Waals surface area contributed by atoms with Crippen molar-refractivity contribution in [2.75, 3.05) is 6.54 Å². The number of Topliss-reactive ketones (excluding diaryl/α,β-unsaturated/α-hetero) is 1. The summed E-state index contributed by atoms with van der Waals surface area (Å²) in [5.74, 6) is 2.64. The van der Waals surface area contributed by atoms with E-state index in [1.54, 1.807) is 0 Å². The van der Waals surface area contributed by atoms with Crippen molar-refractivity contribution in [2.45, 2.75) is 83.4 Å². The summed E-state index contributed by atoms with van der Waals surface area (Å²) in [4.78, 5) is 16.6. The fraction of sp³-hybridized carbons (Fsp3) is 0.840. The molecule has 8 atom stereocenters. The van der Waals surface area contributed by atoms with E-state index >= 15 is 0 Å². The van der Waals surface area contributed by atoms with Gasteiger partial charge in [-0.15, -0.1) is 0 Å². The number of rotatable bonds is 4. The zero-order chi connectivity index (χ0) is 23.3. The Bertz CT molecular complexity index is 791. The van der Waals surface area contributed by atoms with E-state index < -0.39 is 24.0 Å². The van der Waals surface area contributed by atoms with Crippen LogP contribution in [0.3, 0.4) is 0 Å². The maximum Gasteiger partial charge on any atom is 0.432 e. The number of carbonyl (C=O) groups excluding carboxylic acids is 1. The highest BCUT2D eigenvalue weighted by atomic mass is 19.4. The number of nitrogens with two attached hydrogens (primary N) is 1. The third kappa shape index (κ3) is 4.26. The van der Waals surface area contributed by atoms with E-state index in [0.717, 1.165) is 70.1 Å². The molecule has 4 nitrogen and oxygen atoms in total. The number of aliphatic hydroxyl groups is 1. The molecule has 0 radical (unpaired) electrons. The van der Waals surface area contributed by atoms with Crippen molar-refractivity contribution in [1.29, 1.82) is 0 Å². The first kappa shape index (κ1) is 23.8. The lowest BCUT2D eigenvalue weighted by molar-refractivity contribution is -0.131. The Balaban J connectivity index is 1.47. The summed E-state index contributed by atoms with van der Waals surface area (Å²) >= 11 is 0. The fourth-order valence-electron chi connectivity index (χ4n) is 8.21. The molecule has 4 rings (SSSR count). The SMILES string of the molecule is C[C@@]1(O)CC[C@H]2[C@H](CC[C@@H]3[C@@H]2CC[C@]2(C)[C@@H](C(=O)CN=C(C=CN)C(F)(F)F)CC[C@@H]32)C1. The highest BCUT2D eigenvalue weighted by Gasteiger charge is 2.58. The second-order valence-corrected chi connectivity index (χ2v) is 11.4. The van der Waals surface area contributed by atoms with E-state index in [0.29, 0.717) is 29.6 Å². The highest BCUT2D eigenvalue weighted by molar-refractivity contribution is 6.00. The minimum Gasteiger partial charge on any atom is -0.405 e. The number of allylic oxidation sites excluding steroid dienone is 1. The first-order chi connectivity index (χ1) is 15.0. The second kappa shape index (κ2) is 8.44. The van der Waals surface area contributed by atoms with Gasteiger partial charge in [0.1, 0.15) is 5.71 Å². The topological polar surface area (TPSA) is 75.7 Å². The van der Waals surface area contributed by atoms with Crippen molar-refractivity contribution in [3.8, 4) is 0 Å². The van der Waals surface area contributed by atoms with Gasteiger partial charge in [0.2, 0.25) is 0 Å². The lowest BCUT2D eigenvalue weighted by Gasteiger charge is -2.56. The number of hydrogen-bond donors (Lipinski definition) is 2. The molecule has 4 saturated carbocycles. The van der Waals surface area contributed by atoms with Crippen molar-refractivity contribution in [3.05, 3.63) is 12.3 Å². The molecule has 0 aromatic heterocycles. The standard InChI is InChI=1S/C25H37F3N2O2/c1-23(32)10-7-16-15(13-23)3-4-18-17(16)8-11-24(2)19(18)5-6-20(24)21(31)14-30-22(9-12-29)25(26,27)28/h9,12,15-20,32H,3-8,10-11,13-14,29H2,1-2H3/t15-,16+,17-,18-,19+,20-,23-,24+/m1/s1. The van der Waals surface area contributed by atoms with Crippen LogP contribution >= 0.6 is 0 Å². The molecule has 0 saturated heterocycles. The highest BCUT2D eigenvalue weighted by Crippen LogP contribution is 2.64. The lowest BCUT2D eigenvalue weighted by atomic mass is 9.49. The van der Waals surface area contributed by atoms with Crippen LogP contribution in [0.2, 0.25) is 0 Å². The summed E-state index contributed by atoms with van der Waals surface area (Å²) in [6.07, 6.45) is 5.90. The van der Waals surface area contributed by atoms with Gasteiger partial charge in [0, 0.05) is 5.92 Å². The first-order valence-corrected chi connectivity index (χ1v) is 12.2. The number of halogens is 3. The summed E-state index contributed by atoms with van der Waals surface area (Å²) in [5.41, 5.74) is 3.37. The van der Waals surface area contributed by atoms with Gasteiger partial charge in [-0.05, 0) is 112 Å². The maximum atomic E-state index is 13.1. The van der Waals surface area contributed by atoms with E-state index in [4.69, 9.17) is 5.73 Å². The van der Waals surface area contributed by atoms with Crippen molar-refractivity contribution in [3.63, 3.8) is 0 Å².